The highest BCUT2D eigenvalue weighted by atomic mass is 16.4. The molecule has 0 heterocycles. The Morgan fingerprint density at radius 1 is 0.960 bits per heavy atom. The molecule has 2 atom stereocenters. The summed E-state index contributed by atoms with van der Waals surface area (Å²) in [6.07, 6.45) is -2.61. The van der Waals surface area contributed by atoms with E-state index in [9.17, 15) is 24.6 Å². The van der Waals surface area contributed by atoms with Crippen LogP contribution >= 0.6 is 0 Å². The minimum absolute atomic E-state index is 0.0452. The molecular weight excluding hydrogens is 326 g/mol. The van der Waals surface area contributed by atoms with Gasteiger partial charge in [-0.3, -0.25) is 9.59 Å². The summed E-state index contributed by atoms with van der Waals surface area (Å²) >= 11 is 0. The lowest BCUT2D eigenvalue weighted by atomic mass is 9.86. The Bertz CT molecular complexity index is 762. The van der Waals surface area contributed by atoms with Crippen LogP contribution in [-0.2, 0) is 16.1 Å². The van der Waals surface area contributed by atoms with Gasteiger partial charge >= 0.3 is 5.97 Å². The molecule has 0 bridgehead atoms. The van der Waals surface area contributed by atoms with Crippen molar-refractivity contribution < 1.29 is 29.7 Å². The smallest absolute Gasteiger partial charge is 0.336 e. The number of carboxylic acid groups (broad SMARTS) is 1. The van der Waals surface area contributed by atoms with Gasteiger partial charge in [-0.1, -0.05) is 60.7 Å². The molecule has 0 spiro atoms. The van der Waals surface area contributed by atoms with Crippen LogP contribution in [0.2, 0.25) is 0 Å². The molecule has 7 nitrogen and oxygen atoms in total. The van der Waals surface area contributed by atoms with Crippen molar-refractivity contribution >= 4 is 17.7 Å². The molecule has 2 unspecified atom stereocenters. The molecule has 2 rings (SSSR count). The van der Waals surface area contributed by atoms with Gasteiger partial charge in [0.15, 0.2) is 6.10 Å². The molecule has 2 aromatic carbocycles. The van der Waals surface area contributed by atoms with E-state index in [1.165, 1.54) is 24.3 Å². The normalized spacial score (nSPS) is 14.2. The Morgan fingerprint density at radius 2 is 1.48 bits per heavy atom. The lowest BCUT2D eigenvalue weighted by molar-refractivity contribution is -0.166. The van der Waals surface area contributed by atoms with E-state index in [1.54, 1.807) is 36.4 Å². The number of aliphatic hydroxyl groups is 2. The highest BCUT2D eigenvalue weighted by Crippen LogP contribution is 2.19. The number of nitrogens with one attached hydrogen (secondary N) is 1. The number of ketones is 1. The first-order chi connectivity index (χ1) is 11.9. The number of carboxylic acids is 1. The van der Waals surface area contributed by atoms with Crippen LogP contribution in [0.3, 0.4) is 0 Å². The number of carbonyl (C=O) groups is 3. The van der Waals surface area contributed by atoms with Crippen LogP contribution in [0.4, 0.5) is 0 Å². The zero-order valence-corrected chi connectivity index (χ0v) is 13.1. The Kier molecular flexibility index (Phi) is 5.63. The van der Waals surface area contributed by atoms with Crippen molar-refractivity contribution in [3.05, 3.63) is 71.8 Å². The highest BCUT2D eigenvalue weighted by molar-refractivity contribution is 6.19. The Morgan fingerprint density at radius 3 is 2.00 bits per heavy atom. The standard InChI is InChI=1S/C18H17NO6/c20-14(13-9-5-2-6-10-13)18(25,15(21)16(22)23)17(24)19-11-12-7-3-1-4-8-12/h1-10,15,21,25H,11H2,(H,19,24)(H,22,23). The summed E-state index contributed by atoms with van der Waals surface area (Å²) in [5.74, 6) is -4.38. The summed E-state index contributed by atoms with van der Waals surface area (Å²) in [4.78, 5) is 36.0. The highest BCUT2D eigenvalue weighted by Gasteiger charge is 2.53. The summed E-state index contributed by atoms with van der Waals surface area (Å²) in [5, 5.41) is 31.6. The molecular formula is C18H17NO6. The third-order valence-electron chi connectivity index (χ3n) is 3.65. The largest absolute Gasteiger partial charge is 0.479 e. The molecule has 7 heteroatoms. The number of aliphatic carboxylic acids is 1. The molecule has 2 aromatic rings. The number of hydrogen-bond donors (Lipinski definition) is 4. The predicted octanol–water partition coefficient (Wildman–Crippen LogP) is 0.362. The number of aliphatic hydroxyl groups excluding tert-OH is 1. The van der Waals surface area contributed by atoms with Crippen LogP contribution in [-0.4, -0.2) is 44.7 Å². The fraction of sp³-hybridized carbons (Fsp3) is 0.167. The maximum atomic E-state index is 12.5. The van der Waals surface area contributed by atoms with Crippen molar-refractivity contribution in [2.45, 2.75) is 18.2 Å². The predicted molar refractivity (Wildman–Crippen MR) is 87.7 cm³/mol. The van der Waals surface area contributed by atoms with Gasteiger partial charge in [-0.2, -0.15) is 0 Å². The van der Waals surface area contributed by atoms with Crippen molar-refractivity contribution in [3.8, 4) is 0 Å². The molecule has 0 aliphatic carbocycles. The molecule has 0 saturated heterocycles. The Balaban J connectivity index is 2.29. The number of carbonyl (C=O) groups excluding carboxylic acids is 2. The Hall–Kier alpha value is -3.03. The molecule has 0 aliphatic rings. The van der Waals surface area contributed by atoms with E-state index in [2.05, 4.69) is 5.32 Å². The van der Waals surface area contributed by atoms with E-state index < -0.39 is 29.4 Å². The zero-order chi connectivity index (χ0) is 18.4. The van der Waals surface area contributed by atoms with Crippen LogP contribution < -0.4 is 5.32 Å². The third-order valence-corrected chi connectivity index (χ3v) is 3.65. The van der Waals surface area contributed by atoms with Gasteiger partial charge in [-0.15, -0.1) is 0 Å². The molecule has 4 N–H and O–H groups in total. The van der Waals surface area contributed by atoms with Crippen molar-refractivity contribution in [3.63, 3.8) is 0 Å². The molecule has 0 aromatic heterocycles. The number of rotatable bonds is 7. The lowest BCUT2D eigenvalue weighted by Crippen LogP contribution is -2.62. The van der Waals surface area contributed by atoms with Crippen LogP contribution in [0.1, 0.15) is 15.9 Å². The van der Waals surface area contributed by atoms with Crippen LogP contribution in [0.15, 0.2) is 60.7 Å². The molecule has 0 saturated carbocycles. The van der Waals surface area contributed by atoms with Crippen LogP contribution in [0.5, 0.6) is 0 Å². The van der Waals surface area contributed by atoms with Gasteiger partial charge in [0.1, 0.15) is 0 Å². The van der Waals surface area contributed by atoms with Gasteiger partial charge < -0.3 is 20.6 Å². The second kappa shape index (κ2) is 7.69. The van der Waals surface area contributed by atoms with E-state index in [0.717, 1.165) is 0 Å². The van der Waals surface area contributed by atoms with Gasteiger partial charge in [0.2, 0.25) is 11.4 Å². The van der Waals surface area contributed by atoms with Crippen LogP contribution in [0.25, 0.3) is 0 Å². The molecule has 130 valence electrons. The topological polar surface area (TPSA) is 124 Å². The molecule has 0 radical (unpaired) electrons. The van der Waals surface area contributed by atoms with Crippen molar-refractivity contribution in [2.75, 3.05) is 0 Å². The average molecular weight is 343 g/mol. The third kappa shape index (κ3) is 3.90. The molecule has 1 amide bonds. The minimum Gasteiger partial charge on any atom is -0.479 e. The van der Waals surface area contributed by atoms with Gasteiger partial charge in [0.05, 0.1) is 0 Å². The zero-order valence-electron chi connectivity index (χ0n) is 13.1. The lowest BCUT2D eigenvalue weighted by Gasteiger charge is -2.28. The summed E-state index contributed by atoms with van der Waals surface area (Å²) < 4.78 is 0. The number of amides is 1. The van der Waals surface area contributed by atoms with E-state index in [4.69, 9.17) is 5.11 Å². The van der Waals surface area contributed by atoms with Crippen LogP contribution in [0, 0.1) is 0 Å². The second-order valence-electron chi connectivity index (χ2n) is 5.37. The fourth-order valence-corrected chi connectivity index (χ4v) is 2.25. The van der Waals surface area contributed by atoms with E-state index in [1.807, 2.05) is 0 Å². The van der Waals surface area contributed by atoms with Gasteiger partial charge in [0.25, 0.3) is 5.91 Å². The maximum Gasteiger partial charge on any atom is 0.336 e. The first-order valence-electron chi connectivity index (χ1n) is 7.42. The van der Waals surface area contributed by atoms with E-state index in [-0.39, 0.29) is 12.1 Å². The van der Waals surface area contributed by atoms with E-state index >= 15 is 0 Å². The summed E-state index contributed by atoms with van der Waals surface area (Å²) in [5.41, 5.74) is -2.57. The summed E-state index contributed by atoms with van der Waals surface area (Å²) in [6.45, 7) is -0.0452. The number of benzene rings is 2. The first-order valence-corrected chi connectivity index (χ1v) is 7.42. The van der Waals surface area contributed by atoms with Crippen molar-refractivity contribution in [1.82, 2.24) is 5.32 Å². The van der Waals surface area contributed by atoms with E-state index in [0.29, 0.717) is 5.56 Å². The minimum atomic E-state index is -3.15. The molecule has 0 aliphatic heterocycles. The van der Waals surface area contributed by atoms with Crippen molar-refractivity contribution in [1.29, 1.82) is 0 Å². The monoisotopic (exact) mass is 343 g/mol. The summed E-state index contributed by atoms with van der Waals surface area (Å²) in [7, 11) is 0. The van der Waals surface area contributed by atoms with Gasteiger partial charge in [0, 0.05) is 12.1 Å². The summed E-state index contributed by atoms with van der Waals surface area (Å²) in [6, 6.07) is 15.8. The average Bonchev–Trinajstić information content (AvgIpc) is 2.65. The molecule has 0 fully saturated rings. The second-order valence-corrected chi connectivity index (χ2v) is 5.37. The number of Topliss-reactive ketones (excluding diaryl/α,β-unsaturated/α-hetero) is 1. The van der Waals surface area contributed by atoms with Gasteiger partial charge in [-0.05, 0) is 5.56 Å². The maximum absolute atomic E-state index is 12.5. The van der Waals surface area contributed by atoms with Gasteiger partial charge in [-0.25, -0.2) is 4.79 Å². The Labute approximate surface area is 143 Å². The fourth-order valence-electron chi connectivity index (χ4n) is 2.25. The quantitative estimate of drug-likeness (QED) is 0.425. The van der Waals surface area contributed by atoms with Crippen molar-refractivity contribution in [2.24, 2.45) is 0 Å². The molecule has 25 heavy (non-hydrogen) atoms. The number of hydrogen-bond acceptors (Lipinski definition) is 5. The first kappa shape index (κ1) is 18.3. The SMILES string of the molecule is O=C(O)C(O)C(O)(C(=O)NCc1ccccc1)C(=O)c1ccccc1.